The van der Waals surface area contributed by atoms with Crippen molar-refractivity contribution in [3.05, 3.63) is 53.9 Å². The van der Waals surface area contributed by atoms with E-state index >= 15 is 0 Å². The van der Waals surface area contributed by atoms with Crippen LogP contribution in [0.3, 0.4) is 0 Å². The number of para-hydroxylation sites is 1. The fraction of sp³-hybridized carbons (Fsp3) is 0.381. The first-order chi connectivity index (χ1) is 13.3. The normalized spacial score (nSPS) is 17.1. The fourth-order valence-corrected chi connectivity index (χ4v) is 3.76. The Morgan fingerprint density at radius 3 is 2.78 bits per heavy atom. The molecule has 1 amide bonds. The smallest absolute Gasteiger partial charge is 0.224 e. The fourth-order valence-electron chi connectivity index (χ4n) is 3.76. The number of carbonyl (C=O) groups is 1. The number of aromatic nitrogens is 3. The lowest BCUT2D eigenvalue weighted by atomic mass is 10.00. The van der Waals surface area contributed by atoms with Gasteiger partial charge in [-0.2, -0.15) is 5.10 Å². The maximum Gasteiger partial charge on any atom is 0.224 e. The lowest BCUT2D eigenvalue weighted by molar-refractivity contribution is -0.120. The van der Waals surface area contributed by atoms with Crippen LogP contribution in [0, 0.1) is 5.92 Å². The molecule has 1 aliphatic carbocycles. The first kappa shape index (κ1) is 16.3. The molecule has 6 nitrogen and oxygen atoms in total. The lowest BCUT2D eigenvalue weighted by Gasteiger charge is -2.39. The van der Waals surface area contributed by atoms with E-state index in [0.29, 0.717) is 24.8 Å². The molecule has 2 N–H and O–H groups in total. The van der Waals surface area contributed by atoms with E-state index in [2.05, 4.69) is 37.5 Å². The molecule has 0 bridgehead atoms. The SMILES string of the molecule is O=C(Cc1c[nH]c2ccccc12)NCC1CN(c2ccc(C3CC3)nn2)C1. The number of aromatic amines is 1. The third-order valence-corrected chi connectivity index (χ3v) is 5.56. The molecule has 3 aromatic rings. The van der Waals surface area contributed by atoms with E-state index in [-0.39, 0.29) is 5.91 Å². The topological polar surface area (TPSA) is 73.9 Å². The minimum Gasteiger partial charge on any atom is -0.361 e. The highest BCUT2D eigenvalue weighted by Gasteiger charge is 2.29. The molecule has 1 saturated carbocycles. The predicted octanol–water partition coefficient (Wildman–Crippen LogP) is 2.63. The molecule has 0 atom stereocenters. The van der Waals surface area contributed by atoms with Crippen molar-refractivity contribution in [2.75, 3.05) is 24.5 Å². The Morgan fingerprint density at radius 2 is 2.00 bits per heavy atom. The number of fused-ring (bicyclic) bond motifs is 1. The Morgan fingerprint density at radius 1 is 1.15 bits per heavy atom. The highest BCUT2D eigenvalue weighted by Crippen LogP contribution is 2.38. The summed E-state index contributed by atoms with van der Waals surface area (Å²) in [6, 6.07) is 12.3. The van der Waals surface area contributed by atoms with Gasteiger partial charge in [-0.15, -0.1) is 5.10 Å². The van der Waals surface area contributed by atoms with Crippen molar-refractivity contribution in [1.29, 1.82) is 0 Å². The third kappa shape index (κ3) is 3.39. The number of anilines is 1. The number of hydrogen-bond donors (Lipinski definition) is 2. The molecule has 27 heavy (non-hydrogen) atoms. The maximum atomic E-state index is 12.3. The zero-order valence-corrected chi connectivity index (χ0v) is 15.2. The molecule has 2 aromatic heterocycles. The molecule has 138 valence electrons. The number of hydrogen-bond acceptors (Lipinski definition) is 4. The highest BCUT2D eigenvalue weighted by atomic mass is 16.1. The van der Waals surface area contributed by atoms with Gasteiger partial charge in [0.1, 0.15) is 0 Å². The number of nitrogens with one attached hydrogen (secondary N) is 2. The zero-order valence-electron chi connectivity index (χ0n) is 15.2. The molecule has 0 unspecified atom stereocenters. The average Bonchev–Trinajstić information content (AvgIpc) is 3.43. The molecule has 0 spiro atoms. The van der Waals surface area contributed by atoms with E-state index in [4.69, 9.17) is 0 Å². The molecule has 2 aliphatic rings. The third-order valence-electron chi connectivity index (χ3n) is 5.56. The molecule has 2 fully saturated rings. The van der Waals surface area contributed by atoms with Crippen LogP contribution in [-0.4, -0.2) is 40.7 Å². The van der Waals surface area contributed by atoms with Crippen molar-refractivity contribution in [2.45, 2.75) is 25.2 Å². The lowest BCUT2D eigenvalue weighted by Crippen LogP contribution is -2.52. The summed E-state index contributed by atoms with van der Waals surface area (Å²) in [6.45, 7) is 2.56. The van der Waals surface area contributed by atoms with Crippen LogP contribution in [0.4, 0.5) is 5.82 Å². The maximum absolute atomic E-state index is 12.3. The molecule has 0 radical (unpaired) electrons. The molecule has 6 heteroatoms. The first-order valence-electron chi connectivity index (χ1n) is 9.66. The van der Waals surface area contributed by atoms with Gasteiger partial charge in [0.05, 0.1) is 12.1 Å². The molecule has 1 saturated heterocycles. The zero-order chi connectivity index (χ0) is 18.2. The predicted molar refractivity (Wildman–Crippen MR) is 105 cm³/mol. The minimum absolute atomic E-state index is 0.0757. The Balaban J connectivity index is 1.09. The number of amides is 1. The van der Waals surface area contributed by atoms with Crippen LogP contribution in [-0.2, 0) is 11.2 Å². The highest BCUT2D eigenvalue weighted by molar-refractivity contribution is 5.88. The van der Waals surface area contributed by atoms with Gasteiger partial charge in [0, 0.05) is 48.6 Å². The van der Waals surface area contributed by atoms with Crippen molar-refractivity contribution in [3.63, 3.8) is 0 Å². The van der Waals surface area contributed by atoms with Crippen LogP contribution in [0.1, 0.15) is 30.0 Å². The van der Waals surface area contributed by atoms with Gasteiger partial charge in [-0.25, -0.2) is 0 Å². The van der Waals surface area contributed by atoms with Crippen molar-refractivity contribution < 1.29 is 4.79 Å². The first-order valence-corrected chi connectivity index (χ1v) is 9.66. The Hall–Kier alpha value is -2.89. The molecule has 5 rings (SSSR count). The largest absolute Gasteiger partial charge is 0.361 e. The monoisotopic (exact) mass is 361 g/mol. The van der Waals surface area contributed by atoms with Crippen LogP contribution in [0.15, 0.2) is 42.6 Å². The summed E-state index contributed by atoms with van der Waals surface area (Å²) in [5, 5.41) is 12.9. The second-order valence-electron chi connectivity index (χ2n) is 7.70. The summed E-state index contributed by atoms with van der Waals surface area (Å²) >= 11 is 0. The van der Waals surface area contributed by atoms with Crippen molar-refractivity contribution in [3.8, 4) is 0 Å². The van der Waals surface area contributed by atoms with Crippen LogP contribution < -0.4 is 10.2 Å². The summed E-state index contributed by atoms with van der Waals surface area (Å²) in [5.74, 6) is 2.14. The van der Waals surface area contributed by atoms with Gasteiger partial charge in [-0.1, -0.05) is 18.2 Å². The molecular formula is C21H23N5O. The van der Waals surface area contributed by atoms with Gasteiger partial charge in [-0.05, 0) is 36.6 Å². The van der Waals surface area contributed by atoms with Crippen LogP contribution in [0.5, 0.6) is 0 Å². The molecule has 1 aliphatic heterocycles. The summed E-state index contributed by atoms with van der Waals surface area (Å²) in [4.78, 5) is 17.7. The van der Waals surface area contributed by atoms with Crippen LogP contribution in [0.2, 0.25) is 0 Å². The summed E-state index contributed by atoms with van der Waals surface area (Å²) in [6.07, 6.45) is 4.84. The van der Waals surface area contributed by atoms with Crippen molar-refractivity contribution in [1.82, 2.24) is 20.5 Å². The van der Waals surface area contributed by atoms with Gasteiger partial charge in [0.2, 0.25) is 5.91 Å². The quantitative estimate of drug-likeness (QED) is 0.708. The number of rotatable bonds is 6. The van der Waals surface area contributed by atoms with Gasteiger partial charge < -0.3 is 15.2 Å². The van der Waals surface area contributed by atoms with E-state index in [1.54, 1.807) is 0 Å². The van der Waals surface area contributed by atoms with E-state index < -0.39 is 0 Å². The van der Waals surface area contributed by atoms with E-state index in [1.165, 1.54) is 12.8 Å². The Labute approximate surface area is 158 Å². The van der Waals surface area contributed by atoms with E-state index in [1.807, 2.05) is 30.5 Å². The van der Waals surface area contributed by atoms with Crippen LogP contribution in [0.25, 0.3) is 10.9 Å². The summed E-state index contributed by atoms with van der Waals surface area (Å²) < 4.78 is 0. The molecular weight excluding hydrogens is 338 g/mol. The number of carbonyl (C=O) groups excluding carboxylic acids is 1. The average molecular weight is 361 g/mol. The number of nitrogens with zero attached hydrogens (tertiary/aromatic N) is 3. The van der Waals surface area contributed by atoms with Gasteiger partial charge in [0.15, 0.2) is 5.82 Å². The molecule has 3 heterocycles. The summed E-state index contributed by atoms with van der Waals surface area (Å²) in [5.41, 5.74) is 3.24. The van der Waals surface area contributed by atoms with Gasteiger partial charge >= 0.3 is 0 Å². The van der Waals surface area contributed by atoms with Gasteiger partial charge in [-0.3, -0.25) is 4.79 Å². The van der Waals surface area contributed by atoms with Crippen molar-refractivity contribution in [2.24, 2.45) is 5.92 Å². The Bertz CT molecular complexity index is 954. The van der Waals surface area contributed by atoms with Gasteiger partial charge in [0.25, 0.3) is 0 Å². The standard InChI is InChI=1S/C21H23N5O/c27-21(9-16-11-22-19-4-2-1-3-17(16)19)23-10-14-12-26(13-14)20-8-7-18(24-25-20)15-5-6-15/h1-4,7-8,11,14-15,22H,5-6,9-10,12-13H2,(H,23,27). The van der Waals surface area contributed by atoms with Crippen molar-refractivity contribution >= 4 is 22.6 Å². The van der Waals surface area contributed by atoms with Crippen LogP contribution >= 0.6 is 0 Å². The Kier molecular flexibility index (Phi) is 4.03. The second-order valence-corrected chi connectivity index (χ2v) is 7.70. The van der Waals surface area contributed by atoms with E-state index in [9.17, 15) is 4.79 Å². The summed E-state index contributed by atoms with van der Waals surface area (Å²) in [7, 11) is 0. The number of benzene rings is 1. The second kappa shape index (κ2) is 6.68. The minimum atomic E-state index is 0.0757. The van der Waals surface area contributed by atoms with E-state index in [0.717, 1.165) is 41.1 Å². The number of H-pyrrole nitrogens is 1. The molecule has 1 aromatic carbocycles.